The van der Waals surface area contributed by atoms with Crippen LogP contribution in [0.2, 0.25) is 10.0 Å². The van der Waals surface area contributed by atoms with Gasteiger partial charge in [-0.05, 0) is 44.5 Å². The number of carbonyl (C=O) groups excluding carboxylic acids is 1. The number of carbonyl (C=O) groups is 1. The summed E-state index contributed by atoms with van der Waals surface area (Å²) in [6, 6.07) is 9.15. The van der Waals surface area contributed by atoms with E-state index in [1.54, 1.807) is 16.8 Å². The summed E-state index contributed by atoms with van der Waals surface area (Å²) >= 11 is 12.2. The molecular weight excluding hydrogens is 451 g/mol. The minimum Gasteiger partial charge on any atom is -0.371 e. The van der Waals surface area contributed by atoms with Crippen molar-refractivity contribution in [2.45, 2.75) is 26.9 Å². The van der Waals surface area contributed by atoms with E-state index in [1.807, 2.05) is 43.9 Å². The molecular formula is C22H24Cl2N6O2. The van der Waals surface area contributed by atoms with E-state index in [2.05, 4.69) is 20.4 Å². The van der Waals surface area contributed by atoms with Gasteiger partial charge >= 0.3 is 0 Å². The van der Waals surface area contributed by atoms with Gasteiger partial charge in [0.1, 0.15) is 5.82 Å². The fourth-order valence-corrected chi connectivity index (χ4v) is 4.00. The summed E-state index contributed by atoms with van der Waals surface area (Å²) in [7, 11) is 0. The molecule has 3 aromatic rings. The van der Waals surface area contributed by atoms with E-state index >= 15 is 0 Å². The molecule has 168 valence electrons. The predicted octanol–water partition coefficient (Wildman–Crippen LogP) is 3.91. The summed E-state index contributed by atoms with van der Waals surface area (Å²) in [5.74, 6) is 0.814. The number of aromatic nitrogens is 4. The molecule has 1 aromatic carbocycles. The highest BCUT2D eigenvalue weighted by Crippen LogP contribution is 2.29. The van der Waals surface area contributed by atoms with Crippen LogP contribution in [-0.4, -0.2) is 56.8 Å². The van der Waals surface area contributed by atoms with Crippen molar-refractivity contribution in [1.82, 2.24) is 24.6 Å². The molecule has 0 saturated carbocycles. The highest BCUT2D eigenvalue weighted by Gasteiger charge is 2.24. The lowest BCUT2D eigenvalue weighted by Gasteiger charge is -2.32. The van der Waals surface area contributed by atoms with Crippen LogP contribution in [0.1, 0.15) is 28.7 Å². The second-order valence-electron chi connectivity index (χ2n) is 7.85. The molecule has 1 aliphatic heterocycles. The van der Waals surface area contributed by atoms with Crippen molar-refractivity contribution in [2.75, 3.05) is 31.6 Å². The number of amides is 1. The summed E-state index contributed by atoms with van der Waals surface area (Å²) in [4.78, 5) is 23.8. The van der Waals surface area contributed by atoms with Crippen LogP contribution in [-0.2, 0) is 9.53 Å². The smallest absolute Gasteiger partial charge is 0.252 e. The van der Waals surface area contributed by atoms with E-state index < -0.39 is 0 Å². The lowest BCUT2D eigenvalue weighted by molar-refractivity contribution is -0.119. The number of ether oxygens (including phenoxy) is 1. The predicted molar refractivity (Wildman–Crippen MR) is 124 cm³/mol. The summed E-state index contributed by atoms with van der Waals surface area (Å²) in [5.41, 5.74) is 3.36. The standard InChI is InChI=1S/C22H24Cl2N6O2/c1-13-8-14(2)26-22(25-13)30-20(9-15(3)28-30)27-21(31)12-29-6-7-32-19(11-29)16-4-5-17(23)18(24)10-16/h4-5,8-10,19H,6-7,11-12H2,1-3H3,(H,27,31). The molecule has 4 rings (SSSR count). The fourth-order valence-electron chi connectivity index (χ4n) is 3.69. The Balaban J connectivity index is 1.44. The lowest BCUT2D eigenvalue weighted by Crippen LogP contribution is -2.42. The molecule has 0 aliphatic carbocycles. The number of morpholine rings is 1. The third-order valence-corrected chi connectivity index (χ3v) is 5.83. The van der Waals surface area contributed by atoms with Gasteiger partial charge in [0.05, 0.1) is 35.0 Å². The van der Waals surface area contributed by atoms with Crippen LogP contribution in [0.4, 0.5) is 5.82 Å². The Morgan fingerprint density at radius 3 is 2.56 bits per heavy atom. The van der Waals surface area contributed by atoms with Crippen LogP contribution in [0.5, 0.6) is 0 Å². The minimum atomic E-state index is -0.178. The molecule has 0 radical (unpaired) electrons. The maximum atomic E-state index is 12.8. The summed E-state index contributed by atoms with van der Waals surface area (Å²) in [6.07, 6.45) is -0.178. The van der Waals surface area contributed by atoms with E-state index in [9.17, 15) is 4.79 Å². The Kier molecular flexibility index (Phi) is 6.76. The molecule has 32 heavy (non-hydrogen) atoms. The summed E-state index contributed by atoms with van der Waals surface area (Å²) < 4.78 is 7.45. The first-order chi connectivity index (χ1) is 15.3. The molecule has 1 saturated heterocycles. The van der Waals surface area contributed by atoms with Crippen LogP contribution in [0.25, 0.3) is 5.95 Å². The van der Waals surface area contributed by atoms with Crippen LogP contribution in [0.15, 0.2) is 30.3 Å². The molecule has 3 heterocycles. The van der Waals surface area contributed by atoms with Crippen molar-refractivity contribution < 1.29 is 9.53 Å². The van der Waals surface area contributed by atoms with Gasteiger partial charge in [0.2, 0.25) is 5.91 Å². The number of hydrogen-bond donors (Lipinski definition) is 1. The number of nitrogens with zero attached hydrogens (tertiary/aromatic N) is 5. The SMILES string of the molecule is Cc1cc(C)nc(-n2nc(C)cc2NC(=O)CN2CCOC(c3ccc(Cl)c(Cl)c3)C2)n1. The van der Waals surface area contributed by atoms with E-state index in [4.69, 9.17) is 27.9 Å². The largest absolute Gasteiger partial charge is 0.371 e. The monoisotopic (exact) mass is 474 g/mol. The second-order valence-corrected chi connectivity index (χ2v) is 8.66. The number of rotatable bonds is 5. The number of benzene rings is 1. The third kappa shape index (κ3) is 5.27. The number of anilines is 1. The summed E-state index contributed by atoms with van der Waals surface area (Å²) in [5, 5.41) is 8.39. The third-order valence-electron chi connectivity index (χ3n) is 5.09. The first kappa shape index (κ1) is 22.7. The Morgan fingerprint density at radius 1 is 1.09 bits per heavy atom. The van der Waals surface area contributed by atoms with E-state index in [0.29, 0.717) is 41.5 Å². The zero-order valence-electron chi connectivity index (χ0n) is 18.1. The number of halogens is 2. The zero-order chi connectivity index (χ0) is 22.8. The van der Waals surface area contributed by atoms with Gasteiger partial charge in [-0.25, -0.2) is 9.97 Å². The van der Waals surface area contributed by atoms with Crippen LogP contribution in [0.3, 0.4) is 0 Å². The Bertz CT molecular complexity index is 1130. The van der Waals surface area contributed by atoms with Gasteiger partial charge in [-0.15, -0.1) is 0 Å². The molecule has 1 amide bonds. The van der Waals surface area contributed by atoms with Gasteiger partial charge in [-0.2, -0.15) is 9.78 Å². The highest BCUT2D eigenvalue weighted by atomic mass is 35.5. The van der Waals surface area contributed by atoms with E-state index in [0.717, 1.165) is 22.6 Å². The van der Waals surface area contributed by atoms with Crippen molar-refractivity contribution in [1.29, 1.82) is 0 Å². The normalized spacial score (nSPS) is 16.8. The molecule has 2 aromatic heterocycles. The van der Waals surface area contributed by atoms with Gasteiger partial charge in [0, 0.05) is 30.5 Å². The average molecular weight is 475 g/mol. The molecule has 10 heteroatoms. The topological polar surface area (TPSA) is 85.2 Å². The molecule has 0 bridgehead atoms. The summed E-state index contributed by atoms with van der Waals surface area (Å²) in [6.45, 7) is 7.63. The van der Waals surface area contributed by atoms with Gasteiger partial charge in [-0.1, -0.05) is 29.3 Å². The first-order valence-electron chi connectivity index (χ1n) is 10.3. The Labute approximate surface area is 196 Å². The molecule has 1 aliphatic rings. The van der Waals surface area contributed by atoms with Gasteiger partial charge in [-0.3, -0.25) is 9.69 Å². The Hall–Kier alpha value is -2.52. The molecule has 1 fully saturated rings. The average Bonchev–Trinajstić information content (AvgIpc) is 3.09. The van der Waals surface area contributed by atoms with Crippen molar-refractivity contribution in [2.24, 2.45) is 0 Å². The van der Waals surface area contributed by atoms with Gasteiger partial charge < -0.3 is 10.1 Å². The van der Waals surface area contributed by atoms with Crippen LogP contribution in [0, 0.1) is 20.8 Å². The number of hydrogen-bond acceptors (Lipinski definition) is 6. The van der Waals surface area contributed by atoms with Crippen molar-refractivity contribution in [3.05, 3.63) is 63.0 Å². The van der Waals surface area contributed by atoms with Gasteiger partial charge in [0.15, 0.2) is 0 Å². The van der Waals surface area contributed by atoms with E-state index in [1.165, 1.54) is 0 Å². The van der Waals surface area contributed by atoms with Crippen molar-refractivity contribution >= 4 is 34.9 Å². The van der Waals surface area contributed by atoms with Crippen molar-refractivity contribution in [3.63, 3.8) is 0 Å². The molecule has 0 spiro atoms. The number of aryl methyl sites for hydroxylation is 3. The first-order valence-corrected chi connectivity index (χ1v) is 11.0. The lowest BCUT2D eigenvalue weighted by atomic mass is 10.1. The maximum Gasteiger partial charge on any atom is 0.252 e. The van der Waals surface area contributed by atoms with Crippen LogP contribution >= 0.6 is 23.2 Å². The van der Waals surface area contributed by atoms with Crippen molar-refractivity contribution in [3.8, 4) is 5.95 Å². The van der Waals surface area contributed by atoms with E-state index in [-0.39, 0.29) is 18.6 Å². The maximum absolute atomic E-state index is 12.8. The molecule has 1 N–H and O–H groups in total. The molecule has 1 unspecified atom stereocenters. The van der Waals surface area contributed by atoms with Crippen LogP contribution < -0.4 is 5.32 Å². The minimum absolute atomic E-state index is 0.148. The molecule has 8 nitrogen and oxygen atoms in total. The Morgan fingerprint density at radius 2 is 1.84 bits per heavy atom. The van der Waals surface area contributed by atoms with Gasteiger partial charge in [0.25, 0.3) is 5.95 Å². The molecule has 1 atom stereocenters. The zero-order valence-corrected chi connectivity index (χ0v) is 19.6. The second kappa shape index (κ2) is 9.54. The fraction of sp³-hybridized carbons (Fsp3) is 0.364. The highest BCUT2D eigenvalue weighted by molar-refractivity contribution is 6.42. The number of nitrogens with one attached hydrogen (secondary N) is 1. The quantitative estimate of drug-likeness (QED) is 0.603.